The number of benzene rings is 1. The summed E-state index contributed by atoms with van der Waals surface area (Å²) in [6.45, 7) is 5.97. The third kappa shape index (κ3) is 4.37. The Hall–Kier alpha value is -1.38. The minimum atomic E-state index is -3.84. The van der Waals surface area contributed by atoms with Crippen LogP contribution in [-0.4, -0.2) is 55.5 Å². The number of sulfonamides is 1. The molecular weight excluding hydrogens is 359 g/mol. The summed E-state index contributed by atoms with van der Waals surface area (Å²) in [5.74, 6) is -0.603. The standard InChI is InChI=1S/C15H20ClFN2O4S/c1-15(2,3)23-14(20)18-6-8-19(9-7-18)24(21,22)13-5-4-11(17)10-12(13)16/h4-5,10H,6-9H2,1-3H3. The summed E-state index contributed by atoms with van der Waals surface area (Å²) >= 11 is 5.85. The number of hydrogen-bond donors (Lipinski definition) is 0. The van der Waals surface area contributed by atoms with Gasteiger partial charge < -0.3 is 9.64 Å². The molecule has 1 saturated heterocycles. The third-order valence-corrected chi connectivity index (χ3v) is 5.78. The van der Waals surface area contributed by atoms with Crippen molar-refractivity contribution < 1.29 is 22.3 Å². The van der Waals surface area contributed by atoms with Crippen LogP contribution in [0.15, 0.2) is 23.1 Å². The molecule has 24 heavy (non-hydrogen) atoms. The van der Waals surface area contributed by atoms with Gasteiger partial charge in [-0.15, -0.1) is 0 Å². The topological polar surface area (TPSA) is 66.9 Å². The van der Waals surface area contributed by atoms with Crippen LogP contribution in [0.4, 0.5) is 9.18 Å². The molecule has 1 amide bonds. The van der Waals surface area contributed by atoms with Gasteiger partial charge in [-0.2, -0.15) is 4.31 Å². The number of amides is 1. The van der Waals surface area contributed by atoms with Gasteiger partial charge in [0, 0.05) is 26.2 Å². The van der Waals surface area contributed by atoms with E-state index in [0.717, 1.165) is 18.2 Å². The van der Waals surface area contributed by atoms with Crippen LogP contribution < -0.4 is 0 Å². The Bertz CT molecular complexity index is 725. The summed E-state index contributed by atoms with van der Waals surface area (Å²) in [5, 5.41) is -0.162. The number of carbonyl (C=O) groups is 1. The molecule has 0 N–H and O–H groups in total. The van der Waals surface area contributed by atoms with Crippen molar-refractivity contribution in [1.29, 1.82) is 0 Å². The lowest BCUT2D eigenvalue weighted by atomic mass is 10.2. The van der Waals surface area contributed by atoms with Crippen molar-refractivity contribution >= 4 is 27.7 Å². The summed E-state index contributed by atoms with van der Waals surface area (Å²) in [5.41, 5.74) is -0.609. The fourth-order valence-electron chi connectivity index (χ4n) is 2.26. The molecule has 134 valence electrons. The van der Waals surface area contributed by atoms with Gasteiger partial charge in [0.25, 0.3) is 0 Å². The van der Waals surface area contributed by atoms with E-state index in [1.807, 2.05) is 0 Å². The minimum absolute atomic E-state index is 0.120. The van der Waals surface area contributed by atoms with Gasteiger partial charge in [0.05, 0.1) is 5.02 Å². The van der Waals surface area contributed by atoms with Gasteiger partial charge in [0.15, 0.2) is 0 Å². The number of nitrogens with zero attached hydrogens (tertiary/aromatic N) is 2. The molecule has 0 radical (unpaired) electrons. The molecule has 1 aromatic carbocycles. The Balaban J connectivity index is 2.07. The van der Waals surface area contributed by atoms with Crippen LogP contribution in [0.2, 0.25) is 5.02 Å². The molecule has 0 atom stereocenters. The highest BCUT2D eigenvalue weighted by Gasteiger charge is 2.33. The minimum Gasteiger partial charge on any atom is -0.444 e. The van der Waals surface area contributed by atoms with E-state index >= 15 is 0 Å². The molecule has 0 bridgehead atoms. The fraction of sp³-hybridized carbons (Fsp3) is 0.533. The predicted molar refractivity (Wildman–Crippen MR) is 88.0 cm³/mol. The monoisotopic (exact) mass is 378 g/mol. The van der Waals surface area contributed by atoms with Crippen LogP contribution in [-0.2, 0) is 14.8 Å². The summed E-state index contributed by atoms with van der Waals surface area (Å²) in [6, 6.07) is 3.16. The number of halogens is 2. The van der Waals surface area contributed by atoms with Crippen LogP contribution in [0, 0.1) is 5.82 Å². The van der Waals surface area contributed by atoms with Gasteiger partial charge in [-0.1, -0.05) is 11.6 Å². The molecule has 1 aliphatic rings. The van der Waals surface area contributed by atoms with Gasteiger partial charge in [-0.3, -0.25) is 0 Å². The molecule has 0 unspecified atom stereocenters. The first-order chi connectivity index (χ1) is 11.0. The number of carbonyl (C=O) groups excluding carboxylic acids is 1. The first-order valence-electron chi connectivity index (χ1n) is 7.44. The van der Waals surface area contributed by atoms with Crippen LogP contribution >= 0.6 is 11.6 Å². The van der Waals surface area contributed by atoms with E-state index in [1.54, 1.807) is 20.8 Å². The Morgan fingerprint density at radius 2 is 1.79 bits per heavy atom. The van der Waals surface area contributed by atoms with E-state index in [-0.39, 0.29) is 36.1 Å². The Kier molecular flexibility index (Phi) is 5.41. The second kappa shape index (κ2) is 6.85. The third-order valence-electron chi connectivity index (χ3n) is 3.40. The highest BCUT2D eigenvalue weighted by molar-refractivity contribution is 7.89. The van der Waals surface area contributed by atoms with Crippen molar-refractivity contribution in [2.24, 2.45) is 0 Å². The maximum absolute atomic E-state index is 13.1. The molecule has 0 aliphatic carbocycles. The predicted octanol–water partition coefficient (Wildman–Crippen LogP) is 2.72. The molecule has 6 nitrogen and oxygen atoms in total. The number of rotatable bonds is 2. The molecule has 0 aromatic heterocycles. The lowest BCUT2D eigenvalue weighted by Gasteiger charge is -2.35. The molecule has 1 heterocycles. The highest BCUT2D eigenvalue weighted by Crippen LogP contribution is 2.26. The number of ether oxygens (including phenoxy) is 1. The van der Waals surface area contributed by atoms with Gasteiger partial charge in [0.1, 0.15) is 16.3 Å². The molecule has 1 aromatic rings. The van der Waals surface area contributed by atoms with Crippen LogP contribution in [0.5, 0.6) is 0 Å². The maximum Gasteiger partial charge on any atom is 0.410 e. The van der Waals surface area contributed by atoms with Gasteiger partial charge in [-0.05, 0) is 39.0 Å². The zero-order valence-corrected chi connectivity index (χ0v) is 15.3. The van der Waals surface area contributed by atoms with Crippen LogP contribution in [0.1, 0.15) is 20.8 Å². The van der Waals surface area contributed by atoms with Gasteiger partial charge in [0.2, 0.25) is 10.0 Å². The summed E-state index contributed by atoms with van der Waals surface area (Å²) in [7, 11) is -3.84. The molecule has 1 aliphatic heterocycles. The lowest BCUT2D eigenvalue weighted by Crippen LogP contribution is -2.51. The van der Waals surface area contributed by atoms with E-state index in [9.17, 15) is 17.6 Å². The van der Waals surface area contributed by atoms with Crippen molar-refractivity contribution in [3.63, 3.8) is 0 Å². The van der Waals surface area contributed by atoms with Gasteiger partial charge in [-0.25, -0.2) is 17.6 Å². The molecule has 2 rings (SSSR count). The number of hydrogen-bond acceptors (Lipinski definition) is 4. The second-order valence-corrected chi connectivity index (χ2v) is 8.76. The average Bonchev–Trinajstić information content (AvgIpc) is 2.45. The first-order valence-corrected chi connectivity index (χ1v) is 9.25. The van der Waals surface area contributed by atoms with Crippen molar-refractivity contribution in [3.05, 3.63) is 29.0 Å². The van der Waals surface area contributed by atoms with Crippen LogP contribution in [0.3, 0.4) is 0 Å². The summed E-state index contributed by atoms with van der Waals surface area (Å²) in [4.78, 5) is 13.3. The molecule has 1 fully saturated rings. The normalized spacial score (nSPS) is 17.0. The zero-order chi connectivity index (χ0) is 18.1. The fourth-order valence-corrected chi connectivity index (χ4v) is 4.19. The molecule has 0 saturated carbocycles. The van der Waals surface area contributed by atoms with Crippen molar-refractivity contribution in [2.75, 3.05) is 26.2 Å². The lowest BCUT2D eigenvalue weighted by molar-refractivity contribution is 0.0192. The Morgan fingerprint density at radius 3 is 2.29 bits per heavy atom. The van der Waals surface area contributed by atoms with Crippen LogP contribution in [0.25, 0.3) is 0 Å². The van der Waals surface area contributed by atoms with Crippen molar-refractivity contribution in [1.82, 2.24) is 9.21 Å². The maximum atomic E-state index is 13.1. The largest absolute Gasteiger partial charge is 0.444 e. The van der Waals surface area contributed by atoms with E-state index in [2.05, 4.69) is 0 Å². The molecular formula is C15H20ClFN2O4S. The number of piperazine rings is 1. The SMILES string of the molecule is CC(C)(C)OC(=O)N1CCN(S(=O)(=O)c2ccc(F)cc2Cl)CC1. The Labute approximate surface area is 146 Å². The van der Waals surface area contributed by atoms with E-state index in [1.165, 1.54) is 9.21 Å². The van der Waals surface area contributed by atoms with E-state index in [4.69, 9.17) is 16.3 Å². The highest BCUT2D eigenvalue weighted by atomic mass is 35.5. The average molecular weight is 379 g/mol. The van der Waals surface area contributed by atoms with Crippen molar-refractivity contribution in [3.8, 4) is 0 Å². The molecule has 9 heteroatoms. The Morgan fingerprint density at radius 1 is 1.21 bits per heavy atom. The summed E-state index contributed by atoms with van der Waals surface area (Å²) in [6.07, 6.45) is -0.473. The first kappa shape index (κ1) is 19.0. The van der Waals surface area contributed by atoms with Crippen molar-refractivity contribution in [2.45, 2.75) is 31.3 Å². The quantitative estimate of drug-likeness (QED) is 0.793. The second-order valence-electron chi connectivity index (χ2n) is 6.45. The van der Waals surface area contributed by atoms with Gasteiger partial charge >= 0.3 is 6.09 Å². The zero-order valence-electron chi connectivity index (χ0n) is 13.8. The van der Waals surface area contributed by atoms with E-state index < -0.39 is 27.5 Å². The smallest absolute Gasteiger partial charge is 0.410 e. The summed E-state index contributed by atoms with van der Waals surface area (Å²) < 4.78 is 44.8. The molecule has 0 spiro atoms. The van der Waals surface area contributed by atoms with E-state index in [0.29, 0.717) is 0 Å².